The van der Waals surface area contributed by atoms with Crippen LogP contribution in [0.15, 0.2) is 60.7 Å². The van der Waals surface area contributed by atoms with Gasteiger partial charge in [0.25, 0.3) is 11.8 Å². The van der Waals surface area contributed by atoms with Crippen LogP contribution < -0.4 is 0 Å². The minimum absolute atomic E-state index is 0.00502. The zero-order chi connectivity index (χ0) is 22.2. The lowest BCUT2D eigenvalue weighted by Crippen LogP contribution is -2.50. The number of aromatic nitrogens is 2. The summed E-state index contributed by atoms with van der Waals surface area (Å²) in [4.78, 5) is 30.9. The van der Waals surface area contributed by atoms with Crippen molar-refractivity contribution >= 4 is 33.4 Å². The van der Waals surface area contributed by atoms with Gasteiger partial charge in [0.1, 0.15) is 10.6 Å². The van der Waals surface area contributed by atoms with Gasteiger partial charge in [0.05, 0.1) is 16.3 Å². The Morgan fingerprint density at radius 1 is 0.906 bits per heavy atom. The maximum absolute atomic E-state index is 13.3. The number of thiophene rings is 1. The Morgan fingerprint density at radius 2 is 1.53 bits per heavy atom. The highest BCUT2D eigenvalue weighted by atomic mass is 32.1. The van der Waals surface area contributed by atoms with Crippen molar-refractivity contribution in [2.24, 2.45) is 0 Å². The number of halogens is 1. The number of nitrogens with zero attached hydrogens (tertiary/aromatic N) is 4. The minimum atomic E-state index is -0.305. The van der Waals surface area contributed by atoms with Gasteiger partial charge in [-0.15, -0.1) is 11.3 Å². The lowest BCUT2D eigenvalue weighted by atomic mass is 10.2. The van der Waals surface area contributed by atoms with Gasteiger partial charge in [-0.2, -0.15) is 5.10 Å². The third kappa shape index (κ3) is 3.67. The standard InChI is InChI=1S/C24H21FN4O2S/c1-16-20-15-21(32-24(20)29(26-16)19-9-7-18(25)8-10-19)23(31)28-13-11-27(12-14-28)22(30)17-5-3-2-4-6-17/h2-10,15H,11-14H2,1H3. The highest BCUT2D eigenvalue weighted by Crippen LogP contribution is 2.31. The van der Waals surface area contributed by atoms with Crippen LogP contribution in [0.4, 0.5) is 4.39 Å². The number of amides is 2. The van der Waals surface area contributed by atoms with Crippen LogP contribution >= 0.6 is 11.3 Å². The van der Waals surface area contributed by atoms with Crippen molar-refractivity contribution in [2.75, 3.05) is 26.2 Å². The average Bonchev–Trinajstić information content (AvgIpc) is 3.40. The van der Waals surface area contributed by atoms with Gasteiger partial charge in [0, 0.05) is 37.1 Å². The van der Waals surface area contributed by atoms with E-state index in [1.807, 2.05) is 43.3 Å². The zero-order valence-corrected chi connectivity index (χ0v) is 18.3. The van der Waals surface area contributed by atoms with Gasteiger partial charge >= 0.3 is 0 Å². The second kappa shape index (κ2) is 8.20. The van der Waals surface area contributed by atoms with Crippen molar-refractivity contribution < 1.29 is 14.0 Å². The largest absolute Gasteiger partial charge is 0.335 e. The fourth-order valence-corrected chi connectivity index (χ4v) is 5.09. The van der Waals surface area contributed by atoms with Crippen molar-refractivity contribution in [3.05, 3.63) is 82.6 Å². The van der Waals surface area contributed by atoms with Crippen molar-refractivity contribution in [1.29, 1.82) is 0 Å². The summed E-state index contributed by atoms with van der Waals surface area (Å²) in [5.41, 5.74) is 2.23. The zero-order valence-electron chi connectivity index (χ0n) is 17.5. The van der Waals surface area contributed by atoms with Gasteiger partial charge in [0.2, 0.25) is 0 Å². The lowest BCUT2D eigenvalue weighted by Gasteiger charge is -2.34. The molecule has 0 bridgehead atoms. The molecule has 3 heterocycles. The highest BCUT2D eigenvalue weighted by Gasteiger charge is 2.27. The molecule has 0 unspecified atom stereocenters. The Labute approximate surface area is 188 Å². The van der Waals surface area contributed by atoms with Gasteiger partial charge in [-0.25, -0.2) is 9.07 Å². The maximum Gasteiger partial charge on any atom is 0.264 e. The Balaban J connectivity index is 1.33. The fourth-order valence-electron chi connectivity index (χ4n) is 3.94. The van der Waals surface area contributed by atoms with E-state index in [2.05, 4.69) is 5.10 Å². The normalized spacial score (nSPS) is 14.2. The van der Waals surface area contributed by atoms with Gasteiger partial charge in [-0.3, -0.25) is 9.59 Å². The van der Waals surface area contributed by atoms with Crippen molar-refractivity contribution in [3.63, 3.8) is 0 Å². The minimum Gasteiger partial charge on any atom is -0.335 e. The number of aryl methyl sites for hydroxylation is 1. The molecule has 4 aromatic rings. The van der Waals surface area contributed by atoms with Crippen LogP contribution in [0.1, 0.15) is 25.7 Å². The summed E-state index contributed by atoms with van der Waals surface area (Å²) < 4.78 is 15.1. The van der Waals surface area contributed by atoms with E-state index in [0.717, 1.165) is 21.6 Å². The molecule has 0 aliphatic carbocycles. The first-order valence-corrected chi connectivity index (χ1v) is 11.2. The molecule has 1 aliphatic rings. The molecule has 0 spiro atoms. The molecule has 8 heteroatoms. The number of fused-ring (bicyclic) bond motifs is 1. The Hall–Kier alpha value is -3.52. The highest BCUT2D eigenvalue weighted by molar-refractivity contribution is 7.20. The molecule has 2 amide bonds. The van der Waals surface area contributed by atoms with E-state index in [9.17, 15) is 14.0 Å². The van der Waals surface area contributed by atoms with Gasteiger partial charge in [-0.1, -0.05) is 18.2 Å². The van der Waals surface area contributed by atoms with Gasteiger partial charge < -0.3 is 9.80 Å². The van der Waals surface area contributed by atoms with E-state index in [1.54, 1.807) is 26.6 Å². The number of rotatable bonds is 3. The quantitative estimate of drug-likeness (QED) is 0.474. The van der Waals surface area contributed by atoms with Crippen LogP contribution in [0, 0.1) is 12.7 Å². The third-order valence-corrected chi connectivity index (χ3v) is 6.80. The molecule has 5 rings (SSSR count). The fraction of sp³-hybridized carbons (Fsp3) is 0.208. The van der Waals surface area contributed by atoms with Gasteiger partial charge in [0.15, 0.2) is 0 Å². The number of carbonyl (C=O) groups excluding carboxylic acids is 2. The number of benzene rings is 2. The Kier molecular flexibility index (Phi) is 5.22. The second-order valence-corrected chi connectivity index (χ2v) is 8.78. The summed E-state index contributed by atoms with van der Waals surface area (Å²) >= 11 is 1.38. The van der Waals surface area contributed by atoms with Crippen molar-refractivity contribution in [3.8, 4) is 5.69 Å². The SMILES string of the molecule is Cc1nn(-c2ccc(F)cc2)c2sc(C(=O)N3CCN(C(=O)c4ccccc4)CC3)cc12. The topological polar surface area (TPSA) is 58.4 Å². The third-order valence-electron chi connectivity index (χ3n) is 5.70. The van der Waals surface area contributed by atoms with Crippen LogP contribution in [0.3, 0.4) is 0 Å². The molecule has 162 valence electrons. The monoisotopic (exact) mass is 448 g/mol. The molecule has 2 aromatic heterocycles. The number of carbonyl (C=O) groups is 2. The number of hydrogen-bond acceptors (Lipinski definition) is 4. The Bertz CT molecular complexity index is 1290. The van der Waals surface area contributed by atoms with E-state index in [0.29, 0.717) is 36.6 Å². The van der Waals surface area contributed by atoms with E-state index in [-0.39, 0.29) is 17.6 Å². The predicted molar refractivity (Wildman–Crippen MR) is 122 cm³/mol. The molecule has 0 atom stereocenters. The average molecular weight is 449 g/mol. The molecule has 32 heavy (non-hydrogen) atoms. The molecule has 6 nitrogen and oxygen atoms in total. The molecule has 1 aliphatic heterocycles. The first-order chi connectivity index (χ1) is 15.5. The maximum atomic E-state index is 13.3. The number of piperazine rings is 1. The van der Waals surface area contributed by atoms with E-state index >= 15 is 0 Å². The summed E-state index contributed by atoms with van der Waals surface area (Å²) in [6.45, 7) is 3.90. The van der Waals surface area contributed by atoms with Crippen molar-refractivity contribution in [2.45, 2.75) is 6.92 Å². The molecule has 2 aromatic carbocycles. The van der Waals surface area contributed by atoms with E-state index in [4.69, 9.17) is 0 Å². The first kappa shape index (κ1) is 20.4. The van der Waals surface area contributed by atoms with Crippen LogP contribution in [0.2, 0.25) is 0 Å². The lowest BCUT2D eigenvalue weighted by molar-refractivity contribution is 0.0538. The second-order valence-electron chi connectivity index (χ2n) is 7.75. The van der Waals surface area contributed by atoms with Crippen LogP contribution in [-0.2, 0) is 0 Å². The molecule has 0 N–H and O–H groups in total. The molecular formula is C24H21FN4O2S. The Morgan fingerprint density at radius 3 is 2.19 bits per heavy atom. The molecule has 1 fully saturated rings. The molecule has 0 saturated carbocycles. The molecular weight excluding hydrogens is 427 g/mol. The summed E-state index contributed by atoms with van der Waals surface area (Å²) in [5, 5.41) is 5.47. The van der Waals surface area contributed by atoms with Crippen LogP contribution in [-0.4, -0.2) is 57.6 Å². The first-order valence-electron chi connectivity index (χ1n) is 10.4. The van der Waals surface area contributed by atoms with E-state index in [1.165, 1.54) is 23.5 Å². The summed E-state index contributed by atoms with van der Waals surface area (Å²) in [6.07, 6.45) is 0. The van der Waals surface area contributed by atoms with Gasteiger partial charge in [-0.05, 0) is 49.4 Å². The van der Waals surface area contributed by atoms with E-state index < -0.39 is 0 Å². The predicted octanol–water partition coefficient (Wildman–Crippen LogP) is 4.13. The molecule has 0 radical (unpaired) electrons. The summed E-state index contributed by atoms with van der Waals surface area (Å²) in [7, 11) is 0. The summed E-state index contributed by atoms with van der Waals surface area (Å²) in [6, 6.07) is 17.2. The smallest absolute Gasteiger partial charge is 0.264 e. The van der Waals surface area contributed by atoms with Crippen molar-refractivity contribution in [1.82, 2.24) is 19.6 Å². The number of hydrogen-bond donors (Lipinski definition) is 0. The molecule has 1 saturated heterocycles. The van der Waals surface area contributed by atoms with Crippen LogP contribution in [0.5, 0.6) is 0 Å². The summed E-state index contributed by atoms with van der Waals surface area (Å²) in [5.74, 6) is -0.349. The van der Waals surface area contributed by atoms with Crippen LogP contribution in [0.25, 0.3) is 15.9 Å².